The van der Waals surface area contributed by atoms with E-state index in [1.807, 2.05) is 25.3 Å². The lowest BCUT2D eigenvalue weighted by Gasteiger charge is -1.99. The Balaban J connectivity index is 1.93. The molecule has 2 N–H and O–H groups in total. The van der Waals surface area contributed by atoms with Crippen molar-refractivity contribution >= 4 is 0 Å². The van der Waals surface area contributed by atoms with Crippen LogP contribution in [0.3, 0.4) is 0 Å². The normalized spacial score (nSPS) is 17.1. The molecule has 1 aliphatic carbocycles. The Labute approximate surface area is 99.8 Å². The van der Waals surface area contributed by atoms with E-state index in [-0.39, 0.29) is 6.04 Å². The van der Waals surface area contributed by atoms with Gasteiger partial charge in [-0.2, -0.15) is 0 Å². The zero-order valence-electron chi connectivity index (χ0n) is 9.76. The molecule has 0 amide bonds. The SMILES string of the molecule is CC(N)c1cc(-c2ccnc(C3CC3)c2)no1. The largest absolute Gasteiger partial charge is 0.359 e. The molecule has 1 aliphatic rings. The maximum Gasteiger partial charge on any atom is 0.153 e. The van der Waals surface area contributed by atoms with Gasteiger partial charge in [-0.05, 0) is 31.9 Å². The molecular formula is C13H15N3O. The second-order valence-electron chi connectivity index (χ2n) is 4.65. The molecule has 4 heteroatoms. The number of hydrogen-bond acceptors (Lipinski definition) is 4. The van der Waals surface area contributed by atoms with E-state index in [4.69, 9.17) is 10.3 Å². The summed E-state index contributed by atoms with van der Waals surface area (Å²) >= 11 is 0. The van der Waals surface area contributed by atoms with Gasteiger partial charge in [0.25, 0.3) is 0 Å². The molecule has 1 atom stereocenters. The first kappa shape index (κ1) is 10.5. The fraction of sp³-hybridized carbons (Fsp3) is 0.385. The van der Waals surface area contributed by atoms with Crippen LogP contribution in [0.4, 0.5) is 0 Å². The quantitative estimate of drug-likeness (QED) is 0.878. The molecule has 2 heterocycles. The second-order valence-corrected chi connectivity index (χ2v) is 4.65. The van der Waals surface area contributed by atoms with Crippen molar-refractivity contribution in [1.29, 1.82) is 0 Å². The Kier molecular flexibility index (Phi) is 2.44. The molecule has 17 heavy (non-hydrogen) atoms. The van der Waals surface area contributed by atoms with E-state index in [0.717, 1.165) is 17.0 Å². The molecule has 0 bridgehead atoms. The second kappa shape index (κ2) is 3.96. The number of rotatable bonds is 3. The van der Waals surface area contributed by atoms with Crippen LogP contribution in [0, 0.1) is 0 Å². The summed E-state index contributed by atoms with van der Waals surface area (Å²) in [5, 5.41) is 4.05. The molecule has 4 nitrogen and oxygen atoms in total. The molecule has 0 radical (unpaired) electrons. The highest BCUT2D eigenvalue weighted by atomic mass is 16.5. The number of aromatic nitrogens is 2. The molecule has 0 spiro atoms. The van der Waals surface area contributed by atoms with Crippen LogP contribution in [-0.2, 0) is 0 Å². The standard InChI is InChI=1S/C13H15N3O/c1-8(14)13-7-12(16-17-13)10-4-5-15-11(6-10)9-2-3-9/h4-9H,2-3,14H2,1H3. The molecule has 2 aromatic rings. The van der Waals surface area contributed by atoms with Crippen molar-refractivity contribution in [2.45, 2.75) is 31.7 Å². The minimum absolute atomic E-state index is 0.124. The van der Waals surface area contributed by atoms with Crippen LogP contribution in [0.2, 0.25) is 0 Å². The molecule has 2 aromatic heterocycles. The van der Waals surface area contributed by atoms with Gasteiger partial charge < -0.3 is 10.3 Å². The van der Waals surface area contributed by atoms with Gasteiger partial charge in [0.2, 0.25) is 0 Å². The predicted molar refractivity (Wildman–Crippen MR) is 64.3 cm³/mol. The van der Waals surface area contributed by atoms with Crippen molar-refractivity contribution in [2.24, 2.45) is 5.73 Å². The van der Waals surface area contributed by atoms with E-state index in [2.05, 4.69) is 16.2 Å². The van der Waals surface area contributed by atoms with E-state index in [1.54, 1.807) is 0 Å². The third-order valence-corrected chi connectivity index (χ3v) is 3.05. The van der Waals surface area contributed by atoms with Crippen LogP contribution in [0.25, 0.3) is 11.3 Å². The Hall–Kier alpha value is -1.68. The molecule has 0 aliphatic heterocycles. The van der Waals surface area contributed by atoms with Crippen LogP contribution in [0.1, 0.15) is 43.2 Å². The smallest absolute Gasteiger partial charge is 0.153 e. The summed E-state index contributed by atoms with van der Waals surface area (Å²) in [6, 6.07) is 5.83. The van der Waals surface area contributed by atoms with Gasteiger partial charge in [0.1, 0.15) is 5.69 Å². The minimum atomic E-state index is -0.124. The fourth-order valence-corrected chi connectivity index (χ4v) is 1.85. The highest BCUT2D eigenvalue weighted by Crippen LogP contribution is 2.39. The molecular weight excluding hydrogens is 214 g/mol. The van der Waals surface area contributed by atoms with Crippen molar-refractivity contribution in [3.63, 3.8) is 0 Å². The van der Waals surface area contributed by atoms with Crippen LogP contribution in [0.15, 0.2) is 28.9 Å². The van der Waals surface area contributed by atoms with Crippen LogP contribution in [0.5, 0.6) is 0 Å². The third-order valence-electron chi connectivity index (χ3n) is 3.05. The lowest BCUT2D eigenvalue weighted by molar-refractivity contribution is 0.369. The molecule has 1 saturated carbocycles. The van der Waals surface area contributed by atoms with Gasteiger partial charge >= 0.3 is 0 Å². The summed E-state index contributed by atoms with van der Waals surface area (Å²) < 4.78 is 5.20. The van der Waals surface area contributed by atoms with Gasteiger partial charge in [0, 0.05) is 29.4 Å². The van der Waals surface area contributed by atoms with Crippen LogP contribution >= 0.6 is 0 Å². The van der Waals surface area contributed by atoms with E-state index < -0.39 is 0 Å². The van der Waals surface area contributed by atoms with Gasteiger partial charge in [0.05, 0.1) is 6.04 Å². The van der Waals surface area contributed by atoms with Gasteiger partial charge in [-0.3, -0.25) is 4.98 Å². The van der Waals surface area contributed by atoms with Crippen LogP contribution in [-0.4, -0.2) is 10.1 Å². The highest BCUT2D eigenvalue weighted by Gasteiger charge is 2.25. The third kappa shape index (κ3) is 2.08. The predicted octanol–water partition coefficient (Wildman–Crippen LogP) is 2.63. The Morgan fingerprint density at radius 3 is 2.88 bits per heavy atom. The first-order chi connectivity index (χ1) is 8.24. The van der Waals surface area contributed by atoms with E-state index in [0.29, 0.717) is 11.7 Å². The Bertz CT molecular complexity index is 529. The van der Waals surface area contributed by atoms with Crippen molar-refractivity contribution in [3.8, 4) is 11.3 Å². The van der Waals surface area contributed by atoms with Crippen molar-refractivity contribution < 1.29 is 4.52 Å². The Morgan fingerprint density at radius 2 is 2.24 bits per heavy atom. The number of pyridine rings is 1. The summed E-state index contributed by atoms with van der Waals surface area (Å²) in [6.45, 7) is 1.88. The molecule has 0 saturated heterocycles. The summed E-state index contributed by atoms with van der Waals surface area (Å²) in [4.78, 5) is 4.39. The van der Waals surface area contributed by atoms with Crippen molar-refractivity contribution in [2.75, 3.05) is 0 Å². The maximum absolute atomic E-state index is 5.75. The molecule has 88 valence electrons. The Morgan fingerprint density at radius 1 is 1.41 bits per heavy atom. The minimum Gasteiger partial charge on any atom is -0.359 e. The molecule has 1 fully saturated rings. The van der Waals surface area contributed by atoms with E-state index in [9.17, 15) is 0 Å². The lowest BCUT2D eigenvalue weighted by atomic mass is 10.1. The molecule has 1 unspecified atom stereocenters. The first-order valence-electron chi connectivity index (χ1n) is 5.92. The number of nitrogens with zero attached hydrogens (tertiary/aromatic N) is 2. The first-order valence-corrected chi connectivity index (χ1v) is 5.92. The monoisotopic (exact) mass is 229 g/mol. The summed E-state index contributed by atoms with van der Waals surface area (Å²) in [5.41, 5.74) is 8.80. The molecule has 0 aromatic carbocycles. The van der Waals surface area contributed by atoms with Crippen molar-refractivity contribution in [3.05, 3.63) is 35.9 Å². The average molecular weight is 229 g/mol. The van der Waals surface area contributed by atoms with Gasteiger partial charge in [-0.15, -0.1) is 0 Å². The molecule has 3 rings (SSSR count). The fourth-order valence-electron chi connectivity index (χ4n) is 1.85. The van der Waals surface area contributed by atoms with Gasteiger partial charge in [0.15, 0.2) is 5.76 Å². The summed E-state index contributed by atoms with van der Waals surface area (Å²) in [7, 11) is 0. The maximum atomic E-state index is 5.75. The number of hydrogen-bond donors (Lipinski definition) is 1. The highest BCUT2D eigenvalue weighted by molar-refractivity contribution is 5.59. The van der Waals surface area contributed by atoms with E-state index in [1.165, 1.54) is 12.8 Å². The van der Waals surface area contributed by atoms with Crippen LogP contribution < -0.4 is 5.73 Å². The van der Waals surface area contributed by atoms with Gasteiger partial charge in [-0.25, -0.2) is 0 Å². The van der Waals surface area contributed by atoms with Gasteiger partial charge in [-0.1, -0.05) is 5.16 Å². The summed E-state index contributed by atoms with van der Waals surface area (Å²) in [6.07, 6.45) is 4.34. The topological polar surface area (TPSA) is 64.9 Å². The number of nitrogens with two attached hydrogens (primary N) is 1. The zero-order valence-corrected chi connectivity index (χ0v) is 9.76. The zero-order chi connectivity index (χ0) is 11.8. The van der Waals surface area contributed by atoms with E-state index >= 15 is 0 Å². The summed E-state index contributed by atoms with van der Waals surface area (Å²) in [5.74, 6) is 1.36. The van der Waals surface area contributed by atoms with Crippen molar-refractivity contribution in [1.82, 2.24) is 10.1 Å². The lowest BCUT2D eigenvalue weighted by Crippen LogP contribution is -2.02. The average Bonchev–Trinajstić information content (AvgIpc) is 3.06.